The Kier molecular flexibility index (Phi) is 3.33. The van der Waals surface area contributed by atoms with Gasteiger partial charge in [0.2, 0.25) is 0 Å². The molecule has 0 saturated carbocycles. The van der Waals surface area contributed by atoms with E-state index in [-0.39, 0.29) is 17.7 Å². The first kappa shape index (κ1) is 11.0. The van der Waals surface area contributed by atoms with Crippen molar-refractivity contribution in [2.75, 3.05) is 13.1 Å². The van der Waals surface area contributed by atoms with E-state index in [9.17, 15) is 5.11 Å². The number of nitrogens with zero attached hydrogens (tertiary/aromatic N) is 1. The standard InChI is InChI=1S/C10H22N2O/c1-4-5-10(2,3)12-6-8(11)9(13)7-12/h8-9,13H,4-7,11H2,1-3H3/t8-,9-/m0/s1. The molecular weight excluding hydrogens is 164 g/mol. The Labute approximate surface area is 80.9 Å². The Balaban J connectivity index is 2.53. The summed E-state index contributed by atoms with van der Waals surface area (Å²) in [5.41, 5.74) is 5.95. The molecule has 0 amide bonds. The fourth-order valence-corrected chi connectivity index (χ4v) is 2.08. The fraction of sp³-hybridized carbons (Fsp3) is 1.00. The van der Waals surface area contributed by atoms with Crippen LogP contribution >= 0.6 is 0 Å². The molecule has 3 nitrogen and oxygen atoms in total. The van der Waals surface area contributed by atoms with E-state index in [1.54, 1.807) is 0 Å². The molecule has 0 aromatic rings. The van der Waals surface area contributed by atoms with Crippen LogP contribution in [0.3, 0.4) is 0 Å². The van der Waals surface area contributed by atoms with Crippen LogP contribution in [-0.4, -0.2) is 40.8 Å². The molecule has 0 radical (unpaired) electrons. The van der Waals surface area contributed by atoms with Crippen molar-refractivity contribution < 1.29 is 5.11 Å². The third kappa shape index (κ3) is 2.42. The maximum absolute atomic E-state index is 9.53. The first-order valence-corrected chi connectivity index (χ1v) is 5.16. The van der Waals surface area contributed by atoms with Crippen LogP contribution in [0, 0.1) is 0 Å². The predicted octanol–water partition coefficient (Wildman–Crippen LogP) is 0.569. The summed E-state index contributed by atoms with van der Waals surface area (Å²) in [4.78, 5) is 2.30. The van der Waals surface area contributed by atoms with Gasteiger partial charge in [-0.1, -0.05) is 13.3 Å². The largest absolute Gasteiger partial charge is 0.390 e. The molecule has 1 aliphatic rings. The Morgan fingerprint density at radius 3 is 2.46 bits per heavy atom. The van der Waals surface area contributed by atoms with Crippen molar-refractivity contribution in [1.29, 1.82) is 0 Å². The minimum absolute atomic E-state index is 0.0591. The van der Waals surface area contributed by atoms with Crippen LogP contribution in [0.2, 0.25) is 0 Å². The molecule has 0 bridgehead atoms. The second kappa shape index (κ2) is 3.95. The number of aliphatic hydroxyl groups is 1. The molecule has 0 spiro atoms. The molecule has 1 saturated heterocycles. The van der Waals surface area contributed by atoms with Crippen molar-refractivity contribution in [3.8, 4) is 0 Å². The Morgan fingerprint density at radius 2 is 2.08 bits per heavy atom. The first-order valence-electron chi connectivity index (χ1n) is 5.16. The molecule has 0 aliphatic carbocycles. The van der Waals surface area contributed by atoms with Crippen molar-refractivity contribution in [3.63, 3.8) is 0 Å². The quantitative estimate of drug-likeness (QED) is 0.677. The predicted molar refractivity (Wildman–Crippen MR) is 54.5 cm³/mol. The van der Waals surface area contributed by atoms with E-state index in [0.717, 1.165) is 19.5 Å². The van der Waals surface area contributed by atoms with Crippen LogP contribution in [0.15, 0.2) is 0 Å². The second-order valence-electron chi connectivity index (χ2n) is 4.70. The van der Waals surface area contributed by atoms with Crippen LogP contribution in [-0.2, 0) is 0 Å². The average Bonchev–Trinajstić information content (AvgIpc) is 2.33. The average molecular weight is 186 g/mol. The molecule has 1 fully saturated rings. The zero-order valence-electron chi connectivity index (χ0n) is 8.95. The van der Waals surface area contributed by atoms with E-state index < -0.39 is 0 Å². The van der Waals surface area contributed by atoms with Gasteiger partial charge in [0, 0.05) is 24.7 Å². The van der Waals surface area contributed by atoms with Crippen molar-refractivity contribution in [1.82, 2.24) is 4.90 Å². The number of β-amino-alcohol motifs (C(OH)–C–C–N with tert-alkyl or cyclic N) is 1. The Morgan fingerprint density at radius 1 is 1.46 bits per heavy atom. The SMILES string of the molecule is CCCC(C)(C)N1C[C@H](N)[C@@H](O)C1. The maximum Gasteiger partial charge on any atom is 0.0830 e. The third-order valence-electron chi connectivity index (χ3n) is 3.05. The van der Waals surface area contributed by atoms with Crippen molar-refractivity contribution >= 4 is 0 Å². The molecular formula is C10H22N2O. The molecule has 0 unspecified atom stereocenters. The lowest BCUT2D eigenvalue weighted by Crippen LogP contribution is -2.43. The van der Waals surface area contributed by atoms with Crippen molar-refractivity contribution in [3.05, 3.63) is 0 Å². The van der Waals surface area contributed by atoms with E-state index in [4.69, 9.17) is 5.73 Å². The van der Waals surface area contributed by atoms with Gasteiger partial charge in [0.15, 0.2) is 0 Å². The van der Waals surface area contributed by atoms with Crippen LogP contribution in [0.4, 0.5) is 0 Å². The molecule has 0 aromatic heterocycles. The van der Waals surface area contributed by atoms with Gasteiger partial charge in [0.1, 0.15) is 0 Å². The lowest BCUT2D eigenvalue weighted by atomic mass is 9.97. The van der Waals surface area contributed by atoms with Crippen molar-refractivity contribution in [2.45, 2.75) is 51.3 Å². The number of rotatable bonds is 3. The summed E-state index contributed by atoms with van der Waals surface area (Å²) in [5.74, 6) is 0. The monoisotopic (exact) mass is 186 g/mol. The van der Waals surface area contributed by atoms with Gasteiger partial charge < -0.3 is 10.8 Å². The highest BCUT2D eigenvalue weighted by molar-refractivity contribution is 4.93. The highest BCUT2D eigenvalue weighted by atomic mass is 16.3. The van der Waals surface area contributed by atoms with E-state index in [1.165, 1.54) is 6.42 Å². The number of likely N-dealkylation sites (tertiary alicyclic amines) is 1. The highest BCUT2D eigenvalue weighted by Crippen LogP contribution is 2.24. The minimum atomic E-state index is -0.337. The fourth-order valence-electron chi connectivity index (χ4n) is 2.08. The molecule has 0 aromatic carbocycles. The van der Waals surface area contributed by atoms with Gasteiger partial charge in [-0.15, -0.1) is 0 Å². The number of nitrogens with two attached hydrogens (primary N) is 1. The molecule has 3 N–H and O–H groups in total. The van der Waals surface area contributed by atoms with Gasteiger partial charge in [0.25, 0.3) is 0 Å². The molecule has 3 heteroatoms. The Bertz CT molecular complexity index is 160. The summed E-state index contributed by atoms with van der Waals surface area (Å²) < 4.78 is 0. The van der Waals surface area contributed by atoms with E-state index in [1.807, 2.05) is 0 Å². The summed E-state index contributed by atoms with van der Waals surface area (Å²) >= 11 is 0. The number of hydrogen-bond acceptors (Lipinski definition) is 3. The van der Waals surface area contributed by atoms with Crippen LogP contribution in [0.25, 0.3) is 0 Å². The second-order valence-corrected chi connectivity index (χ2v) is 4.70. The van der Waals surface area contributed by atoms with Gasteiger partial charge in [0.05, 0.1) is 6.10 Å². The summed E-state index contributed by atoms with van der Waals surface area (Å²) in [5, 5.41) is 9.53. The van der Waals surface area contributed by atoms with Gasteiger partial charge >= 0.3 is 0 Å². The zero-order chi connectivity index (χ0) is 10.1. The van der Waals surface area contributed by atoms with Crippen molar-refractivity contribution in [2.24, 2.45) is 5.73 Å². The lowest BCUT2D eigenvalue weighted by Gasteiger charge is -2.35. The summed E-state index contributed by atoms with van der Waals surface area (Å²) in [6.45, 7) is 8.19. The van der Waals surface area contributed by atoms with Crippen LogP contribution in [0.1, 0.15) is 33.6 Å². The molecule has 2 atom stereocenters. The van der Waals surface area contributed by atoms with Crippen LogP contribution < -0.4 is 5.73 Å². The topological polar surface area (TPSA) is 49.5 Å². The molecule has 13 heavy (non-hydrogen) atoms. The van der Waals surface area contributed by atoms with Gasteiger partial charge in [-0.2, -0.15) is 0 Å². The first-order chi connectivity index (χ1) is 5.97. The van der Waals surface area contributed by atoms with E-state index in [2.05, 4.69) is 25.7 Å². The van der Waals surface area contributed by atoms with Gasteiger partial charge in [-0.25, -0.2) is 0 Å². The normalized spacial score (nSPS) is 31.2. The zero-order valence-corrected chi connectivity index (χ0v) is 8.95. The van der Waals surface area contributed by atoms with E-state index >= 15 is 0 Å². The number of aliphatic hydroxyl groups excluding tert-OH is 1. The summed E-state index contributed by atoms with van der Waals surface area (Å²) in [6, 6.07) is -0.0591. The highest BCUT2D eigenvalue weighted by Gasteiger charge is 2.36. The summed E-state index contributed by atoms with van der Waals surface area (Å²) in [6.07, 6.45) is 2.00. The lowest BCUT2D eigenvalue weighted by molar-refractivity contribution is 0.110. The molecule has 1 rings (SSSR count). The number of hydrogen-bond donors (Lipinski definition) is 2. The smallest absolute Gasteiger partial charge is 0.0830 e. The van der Waals surface area contributed by atoms with Gasteiger partial charge in [-0.3, -0.25) is 4.90 Å². The summed E-state index contributed by atoms with van der Waals surface area (Å²) in [7, 11) is 0. The van der Waals surface area contributed by atoms with Crippen LogP contribution in [0.5, 0.6) is 0 Å². The molecule has 78 valence electrons. The van der Waals surface area contributed by atoms with Gasteiger partial charge in [-0.05, 0) is 20.3 Å². The van der Waals surface area contributed by atoms with E-state index in [0.29, 0.717) is 0 Å². The molecule has 1 heterocycles. The minimum Gasteiger partial charge on any atom is -0.390 e. The Hall–Kier alpha value is -0.120. The maximum atomic E-state index is 9.53. The molecule has 1 aliphatic heterocycles. The third-order valence-corrected chi connectivity index (χ3v) is 3.05.